The van der Waals surface area contributed by atoms with E-state index in [-0.39, 0.29) is 12.5 Å². The maximum absolute atomic E-state index is 11.6. The minimum atomic E-state index is -0.126. The molecule has 0 aliphatic heterocycles. The fourth-order valence-electron chi connectivity index (χ4n) is 1.67. The van der Waals surface area contributed by atoms with Gasteiger partial charge in [-0.3, -0.25) is 4.79 Å². The molecular formula is C14H21NO2. The van der Waals surface area contributed by atoms with Crippen molar-refractivity contribution in [2.45, 2.75) is 32.6 Å². The number of rotatable bonds is 7. The third kappa shape index (κ3) is 5.00. The Bertz CT molecular complexity index is 333. The van der Waals surface area contributed by atoms with Gasteiger partial charge in [0.1, 0.15) is 0 Å². The van der Waals surface area contributed by atoms with E-state index < -0.39 is 0 Å². The molecule has 0 aliphatic rings. The zero-order chi connectivity index (χ0) is 12.5. The first-order valence-electron chi connectivity index (χ1n) is 6.26. The number of carbonyl (C=O) groups excluding carboxylic acids is 1. The van der Waals surface area contributed by atoms with Crippen molar-refractivity contribution in [2.75, 3.05) is 13.2 Å². The van der Waals surface area contributed by atoms with Crippen molar-refractivity contribution in [2.24, 2.45) is 0 Å². The molecule has 0 bridgehead atoms. The molecule has 0 saturated heterocycles. The third-order valence-corrected chi connectivity index (χ3v) is 2.68. The van der Waals surface area contributed by atoms with Crippen molar-refractivity contribution in [1.29, 1.82) is 0 Å². The van der Waals surface area contributed by atoms with Gasteiger partial charge in [0.25, 0.3) is 5.91 Å². The highest BCUT2D eigenvalue weighted by Crippen LogP contribution is 2.08. The van der Waals surface area contributed by atoms with E-state index in [0.29, 0.717) is 12.1 Å². The normalized spacial score (nSPS) is 10.2. The largest absolute Gasteiger partial charge is 0.395 e. The van der Waals surface area contributed by atoms with Gasteiger partial charge in [-0.2, -0.15) is 0 Å². The topological polar surface area (TPSA) is 49.3 Å². The molecule has 0 radical (unpaired) electrons. The summed E-state index contributed by atoms with van der Waals surface area (Å²) in [6.07, 6.45) is 4.75. The number of aryl methyl sites for hydroxylation is 1. The van der Waals surface area contributed by atoms with Crippen LogP contribution in [0.25, 0.3) is 0 Å². The maximum atomic E-state index is 11.6. The molecule has 3 nitrogen and oxygen atoms in total. The van der Waals surface area contributed by atoms with E-state index >= 15 is 0 Å². The molecule has 3 heteroatoms. The molecule has 0 saturated carbocycles. The Hall–Kier alpha value is -1.35. The van der Waals surface area contributed by atoms with E-state index in [2.05, 4.69) is 12.2 Å². The molecule has 0 fully saturated rings. The Balaban J connectivity index is 2.46. The summed E-state index contributed by atoms with van der Waals surface area (Å²) in [5.41, 5.74) is 1.93. The average Bonchev–Trinajstić information content (AvgIpc) is 2.37. The highest BCUT2D eigenvalue weighted by atomic mass is 16.3. The molecule has 0 spiro atoms. The molecule has 0 atom stereocenters. The van der Waals surface area contributed by atoms with Gasteiger partial charge >= 0.3 is 0 Å². The Labute approximate surface area is 103 Å². The zero-order valence-electron chi connectivity index (χ0n) is 10.4. The lowest BCUT2D eigenvalue weighted by atomic mass is 10.1. The number of aliphatic hydroxyl groups excluding tert-OH is 1. The quantitative estimate of drug-likeness (QED) is 0.711. The molecule has 0 aliphatic carbocycles. The second kappa shape index (κ2) is 7.85. The van der Waals surface area contributed by atoms with Crippen LogP contribution in [-0.2, 0) is 6.42 Å². The summed E-state index contributed by atoms with van der Waals surface area (Å²) in [6.45, 7) is 2.46. The third-order valence-electron chi connectivity index (χ3n) is 2.68. The van der Waals surface area contributed by atoms with E-state index in [1.807, 2.05) is 24.3 Å². The first kappa shape index (κ1) is 13.7. The van der Waals surface area contributed by atoms with Crippen LogP contribution in [-0.4, -0.2) is 24.2 Å². The van der Waals surface area contributed by atoms with Gasteiger partial charge in [0.2, 0.25) is 0 Å². The summed E-state index contributed by atoms with van der Waals surface area (Å²) < 4.78 is 0. The molecule has 0 aromatic heterocycles. The van der Waals surface area contributed by atoms with Gasteiger partial charge in [0.05, 0.1) is 6.61 Å². The molecule has 0 unspecified atom stereocenters. The van der Waals surface area contributed by atoms with Crippen LogP contribution in [0.3, 0.4) is 0 Å². The molecule has 1 aromatic carbocycles. The van der Waals surface area contributed by atoms with Gasteiger partial charge in [-0.1, -0.05) is 31.9 Å². The van der Waals surface area contributed by atoms with Gasteiger partial charge in [-0.05, 0) is 30.5 Å². The van der Waals surface area contributed by atoms with E-state index in [0.717, 1.165) is 6.42 Å². The number of hydrogen-bond acceptors (Lipinski definition) is 2. The van der Waals surface area contributed by atoms with E-state index in [4.69, 9.17) is 5.11 Å². The van der Waals surface area contributed by atoms with E-state index in [1.165, 1.54) is 24.8 Å². The van der Waals surface area contributed by atoms with Crippen LogP contribution in [0.1, 0.15) is 42.1 Å². The molecule has 1 rings (SSSR count). The number of hydrogen-bond donors (Lipinski definition) is 2. The first-order chi connectivity index (χ1) is 8.27. The summed E-state index contributed by atoms with van der Waals surface area (Å²) in [7, 11) is 0. The minimum absolute atomic E-state index is 0.0269. The van der Waals surface area contributed by atoms with Crippen LogP contribution in [0.4, 0.5) is 0 Å². The smallest absolute Gasteiger partial charge is 0.251 e. The van der Waals surface area contributed by atoms with Gasteiger partial charge in [0.15, 0.2) is 0 Å². The summed E-state index contributed by atoms with van der Waals surface area (Å²) >= 11 is 0. The van der Waals surface area contributed by atoms with Crippen molar-refractivity contribution >= 4 is 5.91 Å². The summed E-state index contributed by atoms with van der Waals surface area (Å²) in [6, 6.07) is 7.69. The minimum Gasteiger partial charge on any atom is -0.395 e. The predicted molar refractivity (Wildman–Crippen MR) is 69.1 cm³/mol. The maximum Gasteiger partial charge on any atom is 0.251 e. The summed E-state index contributed by atoms with van der Waals surface area (Å²) in [4.78, 5) is 11.6. The van der Waals surface area contributed by atoms with Crippen molar-refractivity contribution in [3.8, 4) is 0 Å². The number of benzene rings is 1. The molecule has 2 N–H and O–H groups in total. The van der Waals surface area contributed by atoms with Crippen LogP contribution in [0, 0.1) is 0 Å². The van der Waals surface area contributed by atoms with Crippen LogP contribution in [0.2, 0.25) is 0 Å². The zero-order valence-corrected chi connectivity index (χ0v) is 10.4. The number of unbranched alkanes of at least 4 members (excludes halogenated alkanes) is 2. The SMILES string of the molecule is CCCCCc1ccc(C(=O)NCCO)cc1. The Morgan fingerprint density at radius 2 is 1.94 bits per heavy atom. The summed E-state index contributed by atoms with van der Waals surface area (Å²) in [5.74, 6) is -0.126. The number of nitrogens with one attached hydrogen (secondary N) is 1. The number of amides is 1. The molecule has 1 amide bonds. The fraction of sp³-hybridized carbons (Fsp3) is 0.500. The fourth-order valence-corrected chi connectivity index (χ4v) is 1.67. The molecule has 1 aromatic rings. The second-order valence-corrected chi connectivity index (χ2v) is 4.13. The molecular weight excluding hydrogens is 214 g/mol. The van der Waals surface area contributed by atoms with Crippen LogP contribution in [0.15, 0.2) is 24.3 Å². The monoisotopic (exact) mass is 235 g/mol. The van der Waals surface area contributed by atoms with Crippen LogP contribution in [0.5, 0.6) is 0 Å². The number of aliphatic hydroxyl groups is 1. The number of carbonyl (C=O) groups is 1. The average molecular weight is 235 g/mol. The van der Waals surface area contributed by atoms with Gasteiger partial charge in [-0.15, -0.1) is 0 Å². The van der Waals surface area contributed by atoms with Crippen molar-refractivity contribution in [3.63, 3.8) is 0 Å². The van der Waals surface area contributed by atoms with Gasteiger partial charge < -0.3 is 10.4 Å². The molecule has 0 heterocycles. The Kier molecular flexibility index (Phi) is 6.33. The highest BCUT2D eigenvalue weighted by Gasteiger charge is 2.03. The second-order valence-electron chi connectivity index (χ2n) is 4.13. The lowest BCUT2D eigenvalue weighted by molar-refractivity contribution is 0.0945. The van der Waals surface area contributed by atoms with Crippen molar-refractivity contribution in [3.05, 3.63) is 35.4 Å². The Morgan fingerprint density at radius 3 is 2.53 bits per heavy atom. The van der Waals surface area contributed by atoms with E-state index in [9.17, 15) is 4.79 Å². The Morgan fingerprint density at radius 1 is 1.24 bits per heavy atom. The van der Waals surface area contributed by atoms with Gasteiger partial charge in [-0.25, -0.2) is 0 Å². The van der Waals surface area contributed by atoms with E-state index in [1.54, 1.807) is 0 Å². The van der Waals surface area contributed by atoms with Crippen LogP contribution >= 0.6 is 0 Å². The summed E-state index contributed by atoms with van der Waals surface area (Å²) in [5, 5.41) is 11.2. The van der Waals surface area contributed by atoms with Crippen molar-refractivity contribution < 1.29 is 9.90 Å². The molecule has 17 heavy (non-hydrogen) atoms. The van der Waals surface area contributed by atoms with Crippen LogP contribution < -0.4 is 5.32 Å². The lowest BCUT2D eigenvalue weighted by Crippen LogP contribution is -2.26. The first-order valence-corrected chi connectivity index (χ1v) is 6.26. The highest BCUT2D eigenvalue weighted by molar-refractivity contribution is 5.94. The predicted octanol–water partition coefficient (Wildman–Crippen LogP) is 2.14. The standard InChI is InChI=1S/C14H21NO2/c1-2-3-4-5-12-6-8-13(9-7-12)14(17)15-10-11-16/h6-9,16H,2-5,10-11H2,1H3,(H,15,17). The molecule has 94 valence electrons. The van der Waals surface area contributed by atoms with Crippen molar-refractivity contribution in [1.82, 2.24) is 5.32 Å². The lowest BCUT2D eigenvalue weighted by Gasteiger charge is -2.05. The van der Waals surface area contributed by atoms with Gasteiger partial charge in [0, 0.05) is 12.1 Å².